The molecule has 8 heteroatoms. The largest absolute Gasteiger partial charge is 0.456 e. The number of carbonyl (C=O) groups is 3. The summed E-state index contributed by atoms with van der Waals surface area (Å²) >= 11 is 0. The van der Waals surface area contributed by atoms with Crippen molar-refractivity contribution >= 4 is 24.6 Å². The molecule has 0 spiro atoms. The average Bonchev–Trinajstić information content (AvgIpc) is 2.35. The van der Waals surface area contributed by atoms with Crippen LogP contribution in [-0.4, -0.2) is 55.3 Å². The highest BCUT2D eigenvalue weighted by Crippen LogP contribution is 2.28. The van der Waals surface area contributed by atoms with Crippen molar-refractivity contribution in [3.8, 4) is 0 Å². The summed E-state index contributed by atoms with van der Waals surface area (Å²) in [4.78, 5) is 37.4. The predicted octanol–water partition coefficient (Wildman–Crippen LogP) is 0.227. The summed E-state index contributed by atoms with van der Waals surface area (Å²) in [5.41, 5.74) is 0. The second-order valence-electron chi connectivity index (χ2n) is 4.64. The van der Waals surface area contributed by atoms with Crippen LogP contribution in [0.5, 0.6) is 0 Å². The van der Waals surface area contributed by atoms with Crippen molar-refractivity contribution in [2.45, 2.75) is 58.3 Å². The molecule has 0 N–H and O–H groups in total. The van der Waals surface area contributed by atoms with Crippen LogP contribution in [0.2, 0.25) is 0 Å². The van der Waals surface area contributed by atoms with Gasteiger partial charge in [0, 0.05) is 20.8 Å². The third kappa shape index (κ3) is 4.52. The summed E-state index contributed by atoms with van der Waals surface area (Å²) in [5.74, 6) is -1.78. The zero-order chi connectivity index (χ0) is 16.2. The highest BCUT2D eigenvalue weighted by Gasteiger charge is 2.50. The van der Waals surface area contributed by atoms with Crippen molar-refractivity contribution in [2.24, 2.45) is 4.99 Å². The van der Waals surface area contributed by atoms with E-state index in [9.17, 15) is 14.4 Å². The molecule has 5 atom stereocenters. The number of rotatable bonds is 4. The molecule has 0 aromatic heterocycles. The van der Waals surface area contributed by atoms with Crippen molar-refractivity contribution in [2.75, 3.05) is 0 Å². The van der Waals surface area contributed by atoms with E-state index in [1.54, 1.807) is 6.92 Å². The Bertz CT molecular complexity index is 436. The van der Waals surface area contributed by atoms with Crippen molar-refractivity contribution in [1.82, 2.24) is 0 Å². The Kier molecular flexibility index (Phi) is 5.83. The van der Waals surface area contributed by atoms with E-state index < -0.39 is 48.6 Å². The SMILES string of the molecule is C=NC1OC(C)C(OC(C)=O)C(OC(C)=O)C1OC(C)=O. The van der Waals surface area contributed by atoms with Crippen LogP contribution in [0.15, 0.2) is 4.99 Å². The van der Waals surface area contributed by atoms with Gasteiger partial charge in [0.15, 0.2) is 24.5 Å². The third-order valence-electron chi connectivity index (χ3n) is 2.83. The van der Waals surface area contributed by atoms with Gasteiger partial charge in [-0.15, -0.1) is 0 Å². The molecule has 1 fully saturated rings. The quantitative estimate of drug-likeness (QED) is 0.416. The molecular formula is C13H19NO7. The summed E-state index contributed by atoms with van der Waals surface area (Å²) < 4.78 is 20.9. The summed E-state index contributed by atoms with van der Waals surface area (Å²) in [5, 5.41) is 0. The molecule has 0 bridgehead atoms. The lowest BCUT2D eigenvalue weighted by atomic mass is 9.98. The van der Waals surface area contributed by atoms with Gasteiger partial charge in [0.25, 0.3) is 0 Å². The van der Waals surface area contributed by atoms with Crippen molar-refractivity contribution in [3.63, 3.8) is 0 Å². The van der Waals surface area contributed by atoms with E-state index in [1.165, 1.54) is 20.8 Å². The summed E-state index contributed by atoms with van der Waals surface area (Å²) in [6.07, 6.45) is -4.49. The van der Waals surface area contributed by atoms with E-state index in [4.69, 9.17) is 18.9 Å². The molecule has 0 aromatic carbocycles. The first-order chi connectivity index (χ1) is 9.76. The zero-order valence-electron chi connectivity index (χ0n) is 12.4. The van der Waals surface area contributed by atoms with Gasteiger partial charge in [0.2, 0.25) is 0 Å². The number of esters is 3. The topological polar surface area (TPSA) is 100 Å². The Hall–Kier alpha value is -1.96. The fourth-order valence-corrected chi connectivity index (χ4v) is 2.14. The normalized spacial score (nSPS) is 31.9. The Balaban J connectivity index is 3.10. The molecule has 0 amide bonds. The molecule has 5 unspecified atom stereocenters. The standard InChI is InChI=1S/C13H19NO7/c1-6-10(19-7(2)15)11(20-8(3)16)12(21-9(4)17)13(14-5)18-6/h6,10-13H,5H2,1-4H3. The fourth-order valence-electron chi connectivity index (χ4n) is 2.14. The minimum absolute atomic E-state index is 0.570. The number of nitrogens with zero attached hydrogens (tertiary/aromatic N) is 1. The van der Waals surface area contributed by atoms with Crippen LogP contribution in [0.1, 0.15) is 27.7 Å². The zero-order valence-corrected chi connectivity index (χ0v) is 12.4. The first-order valence-electron chi connectivity index (χ1n) is 6.39. The van der Waals surface area contributed by atoms with Crippen molar-refractivity contribution in [3.05, 3.63) is 0 Å². The minimum atomic E-state index is -1.04. The van der Waals surface area contributed by atoms with Crippen molar-refractivity contribution in [1.29, 1.82) is 0 Å². The maximum Gasteiger partial charge on any atom is 0.303 e. The number of hydrogen-bond donors (Lipinski definition) is 0. The van der Waals surface area contributed by atoms with E-state index in [-0.39, 0.29) is 0 Å². The maximum atomic E-state index is 11.3. The predicted molar refractivity (Wildman–Crippen MR) is 70.5 cm³/mol. The van der Waals surface area contributed by atoms with Gasteiger partial charge in [-0.1, -0.05) is 0 Å². The molecule has 0 aromatic rings. The maximum absolute atomic E-state index is 11.3. The summed E-state index contributed by atoms with van der Waals surface area (Å²) in [6, 6.07) is 0. The minimum Gasteiger partial charge on any atom is -0.456 e. The van der Waals surface area contributed by atoms with Gasteiger partial charge in [-0.2, -0.15) is 0 Å². The van der Waals surface area contributed by atoms with Gasteiger partial charge in [0.05, 0.1) is 6.10 Å². The molecule has 1 rings (SSSR count). The number of hydrogen-bond acceptors (Lipinski definition) is 8. The average molecular weight is 301 g/mol. The van der Waals surface area contributed by atoms with Crippen LogP contribution in [0, 0.1) is 0 Å². The van der Waals surface area contributed by atoms with Crippen LogP contribution in [0.25, 0.3) is 0 Å². The van der Waals surface area contributed by atoms with Crippen LogP contribution in [-0.2, 0) is 33.3 Å². The van der Waals surface area contributed by atoms with Crippen LogP contribution in [0.3, 0.4) is 0 Å². The summed E-state index contributed by atoms with van der Waals surface area (Å²) in [6.45, 7) is 8.61. The molecule has 8 nitrogen and oxygen atoms in total. The molecule has 1 aliphatic rings. The lowest BCUT2D eigenvalue weighted by Crippen LogP contribution is -2.60. The van der Waals surface area contributed by atoms with Gasteiger partial charge in [-0.05, 0) is 13.6 Å². The van der Waals surface area contributed by atoms with E-state index in [0.717, 1.165) is 0 Å². The highest BCUT2D eigenvalue weighted by atomic mass is 16.6. The molecule has 1 saturated heterocycles. The number of aliphatic imine (C=N–C) groups is 1. The third-order valence-corrected chi connectivity index (χ3v) is 2.83. The van der Waals surface area contributed by atoms with Crippen LogP contribution >= 0.6 is 0 Å². The molecule has 1 heterocycles. The van der Waals surface area contributed by atoms with Gasteiger partial charge in [0.1, 0.15) is 0 Å². The van der Waals surface area contributed by atoms with E-state index in [1.807, 2.05) is 0 Å². The smallest absolute Gasteiger partial charge is 0.303 e. The molecule has 0 aliphatic carbocycles. The number of carbonyl (C=O) groups excluding carboxylic acids is 3. The monoisotopic (exact) mass is 301 g/mol. The van der Waals surface area contributed by atoms with Gasteiger partial charge in [-0.25, -0.2) is 0 Å². The molecular weight excluding hydrogens is 282 g/mol. The molecule has 0 radical (unpaired) electrons. The first kappa shape index (κ1) is 17.1. The lowest BCUT2D eigenvalue weighted by Gasteiger charge is -2.42. The van der Waals surface area contributed by atoms with E-state index in [2.05, 4.69) is 11.7 Å². The van der Waals surface area contributed by atoms with Crippen LogP contribution in [0.4, 0.5) is 0 Å². The van der Waals surface area contributed by atoms with Gasteiger partial charge < -0.3 is 18.9 Å². The van der Waals surface area contributed by atoms with Crippen molar-refractivity contribution < 1.29 is 33.3 Å². The highest BCUT2D eigenvalue weighted by molar-refractivity contribution is 5.68. The first-order valence-corrected chi connectivity index (χ1v) is 6.39. The number of ether oxygens (including phenoxy) is 4. The lowest BCUT2D eigenvalue weighted by molar-refractivity contribution is -0.241. The van der Waals surface area contributed by atoms with Gasteiger partial charge >= 0.3 is 17.9 Å². The Morgan fingerprint density at radius 3 is 1.76 bits per heavy atom. The van der Waals surface area contributed by atoms with Crippen LogP contribution < -0.4 is 0 Å². The Morgan fingerprint density at radius 2 is 1.33 bits per heavy atom. The Morgan fingerprint density at radius 1 is 0.905 bits per heavy atom. The Labute approximate surface area is 122 Å². The van der Waals surface area contributed by atoms with E-state index >= 15 is 0 Å². The molecule has 1 aliphatic heterocycles. The fraction of sp³-hybridized carbons (Fsp3) is 0.692. The van der Waals surface area contributed by atoms with E-state index in [0.29, 0.717) is 0 Å². The molecule has 0 saturated carbocycles. The summed E-state index contributed by atoms with van der Waals surface area (Å²) in [7, 11) is 0. The second-order valence-corrected chi connectivity index (χ2v) is 4.64. The van der Waals surface area contributed by atoms with Gasteiger partial charge in [-0.3, -0.25) is 19.4 Å². The second kappa shape index (κ2) is 7.16. The molecule has 118 valence electrons. The molecule has 21 heavy (non-hydrogen) atoms.